The number of amides is 3. The number of carbonyl (C=O) groups excluding carboxylic acids is 3. The van der Waals surface area contributed by atoms with Gasteiger partial charge in [0.1, 0.15) is 5.82 Å². The van der Waals surface area contributed by atoms with E-state index < -0.39 is 0 Å². The molecule has 5 heterocycles. The number of fused-ring (bicyclic) bond motifs is 1. The number of pyridine rings is 1. The Labute approximate surface area is 288 Å². The lowest BCUT2D eigenvalue weighted by atomic mass is 9.93. The maximum atomic E-state index is 13.5. The summed E-state index contributed by atoms with van der Waals surface area (Å²) in [5.41, 5.74) is 4.23. The number of likely N-dealkylation sites (tertiary alicyclic amines) is 2. The van der Waals surface area contributed by atoms with Crippen LogP contribution in [0.1, 0.15) is 52.0 Å². The molecule has 0 bridgehead atoms. The molecule has 1 aromatic heterocycles. The highest BCUT2D eigenvalue weighted by atomic mass is 16.5. The average Bonchev–Trinajstić information content (AvgIpc) is 3.41. The molecule has 0 radical (unpaired) electrons. The van der Waals surface area contributed by atoms with E-state index >= 15 is 0 Å². The summed E-state index contributed by atoms with van der Waals surface area (Å²) >= 11 is 0. The maximum Gasteiger partial charge on any atom is 0.267 e. The Balaban J connectivity index is 0.848. The van der Waals surface area contributed by atoms with E-state index in [1.165, 1.54) is 5.69 Å². The van der Waals surface area contributed by atoms with Gasteiger partial charge in [0.25, 0.3) is 11.8 Å². The summed E-state index contributed by atoms with van der Waals surface area (Å²) < 4.78 is 5.49. The minimum Gasteiger partial charge on any atom is -0.381 e. The number of morpholine rings is 1. The van der Waals surface area contributed by atoms with E-state index in [2.05, 4.69) is 61.2 Å². The van der Waals surface area contributed by atoms with E-state index in [1.54, 1.807) is 36.5 Å². The van der Waals surface area contributed by atoms with E-state index in [0.717, 1.165) is 114 Å². The molecular formula is C38H47N7O4. The van der Waals surface area contributed by atoms with E-state index in [0.29, 0.717) is 28.9 Å². The van der Waals surface area contributed by atoms with Crippen LogP contribution < -0.4 is 15.1 Å². The molecule has 3 aromatic rings. The quantitative estimate of drug-likeness (QED) is 0.323. The Morgan fingerprint density at radius 2 is 1.51 bits per heavy atom. The van der Waals surface area contributed by atoms with Crippen molar-refractivity contribution >= 4 is 34.9 Å². The van der Waals surface area contributed by atoms with Gasteiger partial charge in [0.15, 0.2) is 0 Å². The molecule has 3 saturated heterocycles. The zero-order valence-corrected chi connectivity index (χ0v) is 28.4. The Morgan fingerprint density at radius 3 is 2.18 bits per heavy atom. The first-order valence-electron chi connectivity index (χ1n) is 17.8. The zero-order valence-electron chi connectivity index (χ0n) is 28.4. The molecule has 0 atom stereocenters. The van der Waals surface area contributed by atoms with Crippen molar-refractivity contribution in [3.8, 4) is 0 Å². The number of hydrogen-bond donors (Lipinski definition) is 1. The largest absolute Gasteiger partial charge is 0.381 e. The van der Waals surface area contributed by atoms with Crippen LogP contribution in [0.3, 0.4) is 0 Å². The number of anilines is 3. The van der Waals surface area contributed by atoms with Crippen molar-refractivity contribution in [2.24, 2.45) is 5.92 Å². The number of ether oxygens (including phenoxy) is 1. The van der Waals surface area contributed by atoms with E-state index in [1.807, 2.05) is 6.07 Å². The average molecular weight is 666 g/mol. The summed E-state index contributed by atoms with van der Waals surface area (Å²) in [5, 5.41) is 3.80. The molecule has 49 heavy (non-hydrogen) atoms. The molecule has 0 saturated carbocycles. The third-order valence-electron chi connectivity index (χ3n) is 10.5. The fraction of sp³-hybridized carbons (Fsp3) is 0.474. The van der Waals surface area contributed by atoms with Crippen LogP contribution in [0.2, 0.25) is 0 Å². The number of likely N-dealkylation sites (N-methyl/N-ethyl adjacent to an activating group) is 1. The molecule has 3 amide bonds. The lowest BCUT2D eigenvalue weighted by Gasteiger charge is -2.38. The van der Waals surface area contributed by atoms with E-state index in [-0.39, 0.29) is 17.7 Å². The van der Waals surface area contributed by atoms with E-state index in [4.69, 9.17) is 4.74 Å². The van der Waals surface area contributed by atoms with Gasteiger partial charge >= 0.3 is 0 Å². The van der Waals surface area contributed by atoms with Gasteiger partial charge in [0, 0.05) is 71.0 Å². The van der Waals surface area contributed by atoms with Crippen LogP contribution in [0.4, 0.5) is 17.2 Å². The van der Waals surface area contributed by atoms with Crippen molar-refractivity contribution in [1.82, 2.24) is 19.7 Å². The Hall–Kier alpha value is -4.32. The van der Waals surface area contributed by atoms with Crippen LogP contribution in [-0.2, 0) is 16.1 Å². The molecule has 258 valence electrons. The smallest absolute Gasteiger partial charge is 0.267 e. The Kier molecular flexibility index (Phi) is 10.2. The van der Waals surface area contributed by atoms with Crippen molar-refractivity contribution in [3.63, 3.8) is 0 Å². The van der Waals surface area contributed by atoms with Gasteiger partial charge in [-0.05, 0) is 74.7 Å². The number of hydrogen-bond acceptors (Lipinski definition) is 9. The van der Waals surface area contributed by atoms with Gasteiger partial charge in [0.2, 0.25) is 5.91 Å². The number of carbonyl (C=O) groups is 3. The molecule has 4 aliphatic rings. The molecule has 11 heteroatoms. The Morgan fingerprint density at radius 1 is 0.837 bits per heavy atom. The second-order valence-corrected chi connectivity index (χ2v) is 13.7. The molecule has 0 aliphatic carbocycles. The van der Waals surface area contributed by atoms with Crippen molar-refractivity contribution in [2.75, 3.05) is 87.7 Å². The highest BCUT2D eigenvalue weighted by molar-refractivity contribution is 6.34. The van der Waals surface area contributed by atoms with Crippen molar-refractivity contribution in [3.05, 3.63) is 83.6 Å². The summed E-state index contributed by atoms with van der Waals surface area (Å²) in [5.74, 6) is 0.0346. The van der Waals surface area contributed by atoms with Crippen LogP contribution in [-0.4, -0.2) is 116 Å². The number of nitrogens with zero attached hydrogens (tertiary/aromatic N) is 6. The third-order valence-corrected chi connectivity index (χ3v) is 10.5. The third kappa shape index (κ3) is 7.49. The molecule has 3 fully saturated rings. The van der Waals surface area contributed by atoms with Gasteiger partial charge in [-0.25, -0.2) is 9.88 Å². The summed E-state index contributed by atoms with van der Waals surface area (Å²) in [4.78, 5) is 54.0. The first kappa shape index (κ1) is 33.2. The number of piperidine rings is 2. The molecule has 7 rings (SSSR count). The van der Waals surface area contributed by atoms with Crippen LogP contribution in [0, 0.1) is 5.92 Å². The molecule has 11 nitrogen and oxygen atoms in total. The molecule has 1 N–H and O–H groups in total. The number of para-hydroxylation sites is 2. The van der Waals surface area contributed by atoms with Gasteiger partial charge < -0.3 is 19.9 Å². The summed E-state index contributed by atoms with van der Waals surface area (Å²) in [7, 11) is 2.17. The minimum absolute atomic E-state index is 0.0657. The first-order valence-corrected chi connectivity index (χ1v) is 17.8. The highest BCUT2D eigenvalue weighted by Crippen LogP contribution is 2.30. The topological polar surface area (TPSA) is 102 Å². The SMILES string of the molecule is CN(CCN1CCOCC1)c1ccccc1NC1CCN(C(=O)C2CCN(Cc3ccc(N4C(=O)c5ccccc5C4=O)nc3)CC2)CC1. The fourth-order valence-electron chi connectivity index (χ4n) is 7.52. The van der Waals surface area contributed by atoms with Gasteiger partial charge in [-0.1, -0.05) is 30.3 Å². The van der Waals surface area contributed by atoms with Crippen molar-refractivity contribution in [1.29, 1.82) is 0 Å². The normalized spacial score (nSPS) is 19.7. The van der Waals surface area contributed by atoms with Crippen molar-refractivity contribution in [2.45, 2.75) is 38.3 Å². The standard InChI is InChI=1S/C38H47N7O4/c1-41(20-21-42-22-24-49-25-23-42)34-9-5-4-8-33(34)40-30-14-18-44(19-15-30)36(46)29-12-16-43(17-13-29)27-28-10-11-35(39-26-28)45-37(47)31-6-2-3-7-32(31)38(45)48/h2-11,26,29-30,40H,12-25,27H2,1H3. The van der Waals surface area contributed by atoms with Crippen LogP contribution in [0.15, 0.2) is 66.9 Å². The molecule has 4 aliphatic heterocycles. The summed E-state index contributed by atoms with van der Waals surface area (Å²) in [6.07, 6.45) is 5.33. The number of rotatable bonds is 10. The second-order valence-electron chi connectivity index (χ2n) is 13.7. The lowest BCUT2D eigenvalue weighted by Crippen LogP contribution is -2.47. The van der Waals surface area contributed by atoms with Gasteiger partial charge in [-0.2, -0.15) is 0 Å². The molecule has 2 aromatic carbocycles. The monoisotopic (exact) mass is 665 g/mol. The zero-order chi connectivity index (χ0) is 33.7. The predicted molar refractivity (Wildman–Crippen MR) is 190 cm³/mol. The van der Waals surface area contributed by atoms with Crippen LogP contribution >= 0.6 is 0 Å². The van der Waals surface area contributed by atoms with Gasteiger partial charge in [0.05, 0.1) is 35.7 Å². The number of aromatic nitrogens is 1. The predicted octanol–water partition coefficient (Wildman–Crippen LogP) is 3.97. The second kappa shape index (κ2) is 15.1. The number of imide groups is 1. The summed E-state index contributed by atoms with van der Waals surface area (Å²) in [6, 6.07) is 19.5. The Bertz CT molecular complexity index is 1590. The first-order chi connectivity index (χ1) is 23.9. The van der Waals surface area contributed by atoms with Crippen LogP contribution in [0.5, 0.6) is 0 Å². The summed E-state index contributed by atoms with van der Waals surface area (Å²) in [6.45, 7) is 9.64. The minimum atomic E-state index is -0.336. The van der Waals surface area contributed by atoms with E-state index in [9.17, 15) is 14.4 Å². The van der Waals surface area contributed by atoms with Crippen LogP contribution in [0.25, 0.3) is 0 Å². The van der Waals surface area contributed by atoms with Gasteiger partial charge in [-0.15, -0.1) is 0 Å². The van der Waals surface area contributed by atoms with Gasteiger partial charge in [-0.3, -0.25) is 24.2 Å². The number of benzene rings is 2. The lowest BCUT2D eigenvalue weighted by molar-refractivity contribution is -0.138. The molecule has 0 unspecified atom stereocenters. The highest BCUT2D eigenvalue weighted by Gasteiger charge is 2.37. The molecule has 0 spiro atoms. The number of nitrogens with one attached hydrogen (secondary N) is 1. The molecular weight excluding hydrogens is 618 g/mol. The maximum absolute atomic E-state index is 13.5. The fourth-order valence-corrected chi connectivity index (χ4v) is 7.52. The van der Waals surface area contributed by atoms with Crippen molar-refractivity contribution < 1.29 is 19.1 Å².